The van der Waals surface area contributed by atoms with Crippen molar-refractivity contribution < 1.29 is 13.6 Å². The number of benzene rings is 1. The van der Waals surface area contributed by atoms with E-state index in [1.165, 1.54) is 31.0 Å². The van der Waals surface area contributed by atoms with Crippen molar-refractivity contribution in [2.24, 2.45) is 0 Å². The van der Waals surface area contributed by atoms with Crippen molar-refractivity contribution in [2.45, 2.75) is 50.2 Å². The zero-order chi connectivity index (χ0) is 17.8. The second-order valence-corrected chi connectivity index (χ2v) is 7.10. The number of anilines is 1. The first-order valence-corrected chi connectivity index (χ1v) is 9.32. The molecule has 0 radical (unpaired) electrons. The Morgan fingerprint density at radius 1 is 1.28 bits per heavy atom. The van der Waals surface area contributed by atoms with Crippen LogP contribution in [0.3, 0.4) is 0 Å². The first-order chi connectivity index (χ1) is 12.0. The van der Waals surface area contributed by atoms with Gasteiger partial charge in [0.1, 0.15) is 17.5 Å². The highest BCUT2D eigenvalue weighted by Gasteiger charge is 2.22. The average Bonchev–Trinajstić information content (AvgIpc) is 2.98. The fourth-order valence-corrected chi connectivity index (χ4v) is 3.97. The largest absolute Gasteiger partial charge is 0.323 e. The molecule has 1 heterocycles. The van der Waals surface area contributed by atoms with Crippen molar-refractivity contribution >= 4 is 23.4 Å². The molecule has 0 atom stereocenters. The normalized spacial score (nSPS) is 15.3. The van der Waals surface area contributed by atoms with Crippen LogP contribution in [0.4, 0.5) is 14.5 Å². The van der Waals surface area contributed by atoms with Gasteiger partial charge in [0.2, 0.25) is 5.91 Å². The van der Waals surface area contributed by atoms with Crippen LogP contribution in [0.25, 0.3) is 0 Å². The minimum atomic E-state index is -0.666. The predicted octanol–water partition coefficient (Wildman–Crippen LogP) is 4.10. The van der Waals surface area contributed by atoms with Crippen LogP contribution in [-0.2, 0) is 4.79 Å². The molecular formula is C17H20F2N4OS. The molecular weight excluding hydrogens is 346 g/mol. The molecule has 0 bridgehead atoms. The van der Waals surface area contributed by atoms with Gasteiger partial charge in [0, 0.05) is 12.1 Å². The van der Waals surface area contributed by atoms with Gasteiger partial charge in [-0.2, -0.15) is 0 Å². The fraction of sp³-hybridized carbons (Fsp3) is 0.471. The molecule has 1 aromatic heterocycles. The summed E-state index contributed by atoms with van der Waals surface area (Å²) >= 11 is 1.26. The van der Waals surface area contributed by atoms with Gasteiger partial charge in [0.25, 0.3) is 0 Å². The molecule has 1 aliphatic rings. The van der Waals surface area contributed by atoms with Crippen molar-refractivity contribution in [2.75, 3.05) is 11.1 Å². The van der Waals surface area contributed by atoms with E-state index in [0.717, 1.165) is 36.9 Å². The van der Waals surface area contributed by atoms with Crippen LogP contribution in [0.1, 0.15) is 44.0 Å². The van der Waals surface area contributed by atoms with Gasteiger partial charge < -0.3 is 9.88 Å². The Morgan fingerprint density at radius 3 is 2.80 bits per heavy atom. The maximum absolute atomic E-state index is 13.6. The van der Waals surface area contributed by atoms with Crippen LogP contribution >= 0.6 is 11.8 Å². The van der Waals surface area contributed by atoms with E-state index in [1.807, 2.05) is 6.92 Å². The summed E-state index contributed by atoms with van der Waals surface area (Å²) in [6.07, 6.45) is 5.81. The summed E-state index contributed by atoms with van der Waals surface area (Å²) in [6, 6.07) is 3.33. The first-order valence-electron chi connectivity index (χ1n) is 8.34. The highest BCUT2D eigenvalue weighted by atomic mass is 32.2. The second kappa shape index (κ2) is 7.95. The molecule has 0 saturated heterocycles. The summed E-state index contributed by atoms with van der Waals surface area (Å²) in [7, 11) is 0. The van der Waals surface area contributed by atoms with Gasteiger partial charge in [-0.05, 0) is 31.9 Å². The number of aromatic nitrogens is 3. The van der Waals surface area contributed by atoms with Crippen molar-refractivity contribution in [3.63, 3.8) is 0 Å². The fourth-order valence-electron chi connectivity index (χ4n) is 3.12. The summed E-state index contributed by atoms with van der Waals surface area (Å²) in [5.41, 5.74) is -0.157. The Labute approximate surface area is 149 Å². The lowest BCUT2D eigenvalue weighted by Crippen LogP contribution is -2.18. The molecule has 1 saturated carbocycles. The van der Waals surface area contributed by atoms with Crippen LogP contribution in [-0.4, -0.2) is 26.4 Å². The predicted molar refractivity (Wildman–Crippen MR) is 92.6 cm³/mol. The number of aryl methyl sites for hydroxylation is 1. The standard InChI is InChI=1S/C17H20F2N4OS/c1-11-21-22-17(23(11)13-5-3-2-4-6-13)25-10-16(24)20-15-9-12(18)7-8-14(15)19/h7-9,13H,2-6,10H2,1H3,(H,20,24). The average molecular weight is 366 g/mol. The third-order valence-electron chi connectivity index (χ3n) is 4.31. The number of hydrogen-bond donors (Lipinski definition) is 1. The Balaban J connectivity index is 1.63. The summed E-state index contributed by atoms with van der Waals surface area (Å²) < 4.78 is 28.9. The number of amides is 1. The van der Waals surface area contributed by atoms with E-state index in [9.17, 15) is 13.6 Å². The van der Waals surface area contributed by atoms with Crippen LogP contribution < -0.4 is 5.32 Å². The SMILES string of the molecule is Cc1nnc(SCC(=O)Nc2cc(F)ccc2F)n1C1CCCCC1. The maximum Gasteiger partial charge on any atom is 0.234 e. The molecule has 1 aromatic carbocycles. The van der Waals surface area contributed by atoms with Crippen LogP contribution in [0, 0.1) is 18.6 Å². The molecule has 2 aromatic rings. The lowest BCUT2D eigenvalue weighted by atomic mass is 9.95. The minimum Gasteiger partial charge on any atom is -0.323 e. The molecule has 134 valence electrons. The van der Waals surface area contributed by atoms with Gasteiger partial charge in [0.05, 0.1) is 11.4 Å². The summed E-state index contributed by atoms with van der Waals surface area (Å²) in [4.78, 5) is 12.1. The summed E-state index contributed by atoms with van der Waals surface area (Å²) in [6.45, 7) is 1.91. The number of thioether (sulfide) groups is 1. The Kier molecular flexibility index (Phi) is 5.67. The quantitative estimate of drug-likeness (QED) is 0.810. The van der Waals surface area contributed by atoms with Crippen molar-refractivity contribution in [3.8, 4) is 0 Å². The Hall–Kier alpha value is -1.96. The maximum atomic E-state index is 13.6. The topological polar surface area (TPSA) is 59.8 Å². The first kappa shape index (κ1) is 17.8. The molecule has 25 heavy (non-hydrogen) atoms. The lowest BCUT2D eigenvalue weighted by Gasteiger charge is -2.24. The van der Waals surface area contributed by atoms with Gasteiger partial charge in [-0.25, -0.2) is 8.78 Å². The molecule has 0 spiro atoms. The summed E-state index contributed by atoms with van der Waals surface area (Å²) in [5.74, 6) is -0.782. The van der Waals surface area contributed by atoms with Gasteiger partial charge in [0.15, 0.2) is 5.16 Å². The van der Waals surface area contributed by atoms with E-state index >= 15 is 0 Å². The van der Waals surface area contributed by atoms with E-state index in [2.05, 4.69) is 20.1 Å². The van der Waals surface area contributed by atoms with E-state index in [1.54, 1.807) is 0 Å². The van der Waals surface area contributed by atoms with Crippen LogP contribution in [0.15, 0.2) is 23.4 Å². The third kappa shape index (κ3) is 4.36. The number of nitrogens with zero attached hydrogens (tertiary/aromatic N) is 3. The van der Waals surface area contributed by atoms with Gasteiger partial charge >= 0.3 is 0 Å². The highest BCUT2D eigenvalue weighted by molar-refractivity contribution is 7.99. The van der Waals surface area contributed by atoms with E-state index in [-0.39, 0.29) is 11.4 Å². The van der Waals surface area contributed by atoms with Gasteiger partial charge in [-0.1, -0.05) is 31.0 Å². The molecule has 1 amide bonds. The van der Waals surface area contributed by atoms with E-state index < -0.39 is 17.5 Å². The van der Waals surface area contributed by atoms with Crippen molar-refractivity contribution in [3.05, 3.63) is 35.7 Å². The molecule has 1 aliphatic carbocycles. The number of nitrogens with one attached hydrogen (secondary N) is 1. The number of hydrogen-bond acceptors (Lipinski definition) is 4. The minimum absolute atomic E-state index is 0.0564. The molecule has 3 rings (SSSR count). The van der Waals surface area contributed by atoms with Gasteiger partial charge in [-0.3, -0.25) is 4.79 Å². The number of halogens is 2. The molecule has 1 N–H and O–H groups in total. The van der Waals surface area contributed by atoms with E-state index in [0.29, 0.717) is 11.2 Å². The molecule has 0 aliphatic heterocycles. The van der Waals surface area contributed by atoms with E-state index in [4.69, 9.17) is 0 Å². The number of carbonyl (C=O) groups excluding carboxylic acids is 1. The summed E-state index contributed by atoms with van der Waals surface area (Å²) in [5, 5.41) is 11.4. The zero-order valence-corrected chi connectivity index (χ0v) is 14.8. The van der Waals surface area contributed by atoms with Crippen LogP contribution in [0.2, 0.25) is 0 Å². The van der Waals surface area contributed by atoms with Crippen molar-refractivity contribution in [1.29, 1.82) is 0 Å². The van der Waals surface area contributed by atoms with Crippen LogP contribution in [0.5, 0.6) is 0 Å². The number of carbonyl (C=O) groups is 1. The smallest absolute Gasteiger partial charge is 0.234 e. The second-order valence-electron chi connectivity index (χ2n) is 6.15. The third-order valence-corrected chi connectivity index (χ3v) is 5.25. The zero-order valence-electron chi connectivity index (χ0n) is 14.0. The lowest BCUT2D eigenvalue weighted by molar-refractivity contribution is -0.113. The monoisotopic (exact) mass is 366 g/mol. The van der Waals surface area contributed by atoms with Crippen molar-refractivity contribution in [1.82, 2.24) is 14.8 Å². The highest BCUT2D eigenvalue weighted by Crippen LogP contribution is 2.32. The molecule has 1 fully saturated rings. The molecule has 0 unspecified atom stereocenters. The van der Waals surface area contributed by atoms with Gasteiger partial charge in [-0.15, -0.1) is 10.2 Å². The number of rotatable bonds is 5. The Morgan fingerprint density at radius 2 is 2.04 bits per heavy atom. The molecule has 8 heteroatoms. The Bertz CT molecular complexity index is 759. The molecule has 5 nitrogen and oxygen atoms in total.